The van der Waals surface area contributed by atoms with Crippen molar-refractivity contribution in [2.45, 2.75) is 18.9 Å². The topological polar surface area (TPSA) is 67.4 Å². The largest absolute Gasteiger partial charge is 0.496 e. The van der Waals surface area contributed by atoms with Gasteiger partial charge in [0.05, 0.1) is 12.7 Å². The lowest BCUT2D eigenvalue weighted by atomic mass is 10.1. The summed E-state index contributed by atoms with van der Waals surface area (Å²) >= 11 is 5.02. The Labute approximate surface area is 178 Å². The van der Waals surface area contributed by atoms with Gasteiger partial charge in [0.15, 0.2) is 0 Å². The number of carbonyl (C=O) groups is 2. The van der Waals surface area contributed by atoms with Crippen LogP contribution in [0.2, 0.25) is 0 Å². The number of ether oxygens (including phenoxy) is 1. The molecule has 0 saturated carbocycles. The van der Waals surface area contributed by atoms with Gasteiger partial charge in [-0.05, 0) is 64.5 Å². The molecule has 0 aliphatic rings. The van der Waals surface area contributed by atoms with Crippen LogP contribution in [0.1, 0.15) is 22.3 Å². The molecule has 28 heavy (non-hydrogen) atoms. The molecule has 2 N–H and O–H groups in total. The van der Waals surface area contributed by atoms with Gasteiger partial charge in [-0.15, -0.1) is 0 Å². The molecule has 0 aliphatic heterocycles. The number of amides is 2. The predicted octanol–water partition coefficient (Wildman–Crippen LogP) is 3.67. The molecule has 2 rings (SSSR count). The molecule has 0 spiro atoms. The summed E-state index contributed by atoms with van der Waals surface area (Å²) in [6.45, 7) is 0.472. The second kappa shape index (κ2) is 11.8. The predicted molar refractivity (Wildman–Crippen MR) is 118 cm³/mol. The summed E-state index contributed by atoms with van der Waals surface area (Å²) in [6.07, 6.45) is 3.20. The monoisotopic (exact) mass is 464 g/mol. The van der Waals surface area contributed by atoms with Crippen LogP contribution >= 0.6 is 27.7 Å². The van der Waals surface area contributed by atoms with Gasteiger partial charge in [-0.25, -0.2) is 0 Å². The first-order valence-electron chi connectivity index (χ1n) is 9.00. The van der Waals surface area contributed by atoms with Crippen molar-refractivity contribution in [1.29, 1.82) is 0 Å². The Morgan fingerprint density at radius 1 is 1.14 bits per heavy atom. The van der Waals surface area contributed by atoms with E-state index in [4.69, 9.17) is 4.74 Å². The number of carbonyl (C=O) groups excluding carboxylic acids is 2. The molecular weight excluding hydrogens is 440 g/mol. The highest BCUT2D eigenvalue weighted by Gasteiger charge is 2.21. The van der Waals surface area contributed by atoms with Gasteiger partial charge in [0.25, 0.3) is 5.91 Å². The van der Waals surface area contributed by atoms with E-state index in [2.05, 4.69) is 26.6 Å². The van der Waals surface area contributed by atoms with Crippen LogP contribution in [0.5, 0.6) is 5.75 Å². The Kier molecular flexibility index (Phi) is 9.37. The van der Waals surface area contributed by atoms with Crippen LogP contribution in [-0.4, -0.2) is 43.5 Å². The van der Waals surface area contributed by atoms with E-state index in [-0.39, 0.29) is 11.8 Å². The van der Waals surface area contributed by atoms with Gasteiger partial charge in [0.1, 0.15) is 11.8 Å². The van der Waals surface area contributed by atoms with Gasteiger partial charge in [-0.3, -0.25) is 9.59 Å². The first-order valence-corrected chi connectivity index (χ1v) is 11.2. The van der Waals surface area contributed by atoms with Crippen molar-refractivity contribution in [3.8, 4) is 5.75 Å². The zero-order chi connectivity index (χ0) is 20.4. The van der Waals surface area contributed by atoms with Crippen molar-refractivity contribution in [2.75, 3.05) is 25.7 Å². The number of rotatable bonds is 10. The molecule has 2 amide bonds. The number of hydrogen-bond acceptors (Lipinski definition) is 4. The standard InChI is InChI=1S/C21H25BrN2O3S/c1-27-19-10-6-3-7-15(19)11-13-23-21(26)18(12-14-28-2)24-20(25)16-8-4-5-9-17(16)22/h3-10,18H,11-14H2,1-2H3,(H,23,26)(H,24,25). The number of benzene rings is 2. The molecular formula is C21H25BrN2O3S. The highest BCUT2D eigenvalue weighted by Crippen LogP contribution is 2.18. The Balaban J connectivity index is 1.96. The van der Waals surface area contributed by atoms with Crippen molar-refractivity contribution < 1.29 is 14.3 Å². The Bertz CT molecular complexity index is 801. The van der Waals surface area contributed by atoms with E-state index in [1.165, 1.54) is 0 Å². The molecule has 0 heterocycles. The van der Waals surface area contributed by atoms with E-state index in [9.17, 15) is 9.59 Å². The van der Waals surface area contributed by atoms with Crippen LogP contribution in [0.4, 0.5) is 0 Å². The van der Waals surface area contributed by atoms with E-state index in [1.807, 2.05) is 36.6 Å². The highest BCUT2D eigenvalue weighted by atomic mass is 79.9. The minimum atomic E-state index is -0.579. The first-order chi connectivity index (χ1) is 13.6. The summed E-state index contributed by atoms with van der Waals surface area (Å²) in [5.74, 6) is 1.14. The van der Waals surface area contributed by atoms with Gasteiger partial charge in [0, 0.05) is 11.0 Å². The lowest BCUT2D eigenvalue weighted by Crippen LogP contribution is -2.47. The Morgan fingerprint density at radius 2 is 1.86 bits per heavy atom. The van der Waals surface area contributed by atoms with Gasteiger partial charge >= 0.3 is 0 Å². The molecule has 0 fully saturated rings. The summed E-state index contributed by atoms with van der Waals surface area (Å²) in [4.78, 5) is 25.2. The Morgan fingerprint density at radius 3 is 2.57 bits per heavy atom. The molecule has 0 bridgehead atoms. The maximum absolute atomic E-state index is 12.7. The minimum absolute atomic E-state index is 0.177. The van der Waals surface area contributed by atoms with Crippen LogP contribution in [0, 0.1) is 0 Å². The fraction of sp³-hybridized carbons (Fsp3) is 0.333. The maximum atomic E-state index is 12.7. The molecule has 1 unspecified atom stereocenters. The second-order valence-corrected chi connectivity index (χ2v) is 7.98. The van der Waals surface area contributed by atoms with Gasteiger partial charge in [0.2, 0.25) is 5.91 Å². The molecule has 0 radical (unpaired) electrons. The zero-order valence-electron chi connectivity index (χ0n) is 16.0. The van der Waals surface area contributed by atoms with E-state index < -0.39 is 6.04 Å². The quantitative estimate of drug-likeness (QED) is 0.562. The molecule has 5 nitrogen and oxygen atoms in total. The van der Waals surface area contributed by atoms with Crippen LogP contribution in [-0.2, 0) is 11.2 Å². The molecule has 1 atom stereocenters. The summed E-state index contributed by atoms with van der Waals surface area (Å²) in [7, 11) is 1.63. The van der Waals surface area contributed by atoms with Gasteiger partial charge < -0.3 is 15.4 Å². The number of halogens is 1. The van der Waals surface area contributed by atoms with Crippen molar-refractivity contribution in [1.82, 2.24) is 10.6 Å². The molecule has 2 aromatic carbocycles. The van der Waals surface area contributed by atoms with Crippen molar-refractivity contribution in [3.63, 3.8) is 0 Å². The molecule has 0 saturated heterocycles. The average Bonchev–Trinajstić information content (AvgIpc) is 2.71. The summed E-state index contributed by atoms with van der Waals surface area (Å²) in [5.41, 5.74) is 1.54. The minimum Gasteiger partial charge on any atom is -0.496 e. The molecule has 0 aliphatic carbocycles. The summed E-state index contributed by atoms with van der Waals surface area (Å²) in [6, 6.07) is 14.3. The van der Waals surface area contributed by atoms with Crippen LogP contribution in [0.25, 0.3) is 0 Å². The van der Waals surface area contributed by atoms with E-state index >= 15 is 0 Å². The van der Waals surface area contributed by atoms with Crippen LogP contribution in [0.15, 0.2) is 53.0 Å². The SMILES string of the molecule is COc1ccccc1CCNC(=O)C(CCSC)NC(=O)c1ccccc1Br. The highest BCUT2D eigenvalue weighted by molar-refractivity contribution is 9.10. The van der Waals surface area contributed by atoms with Crippen molar-refractivity contribution >= 4 is 39.5 Å². The lowest BCUT2D eigenvalue weighted by Gasteiger charge is -2.19. The maximum Gasteiger partial charge on any atom is 0.253 e. The normalized spacial score (nSPS) is 11.5. The molecule has 150 valence electrons. The summed E-state index contributed by atoms with van der Waals surface area (Å²) in [5, 5.41) is 5.79. The van der Waals surface area contributed by atoms with E-state index in [0.29, 0.717) is 29.4 Å². The molecule has 0 aromatic heterocycles. The number of hydrogen-bond donors (Lipinski definition) is 2. The first kappa shape index (κ1) is 22.3. The Hall–Kier alpha value is -1.99. The van der Waals surface area contributed by atoms with Gasteiger partial charge in [-0.1, -0.05) is 30.3 Å². The lowest BCUT2D eigenvalue weighted by molar-refractivity contribution is -0.122. The number of thioether (sulfide) groups is 1. The smallest absolute Gasteiger partial charge is 0.253 e. The molecule has 2 aromatic rings. The zero-order valence-corrected chi connectivity index (χ0v) is 18.4. The average molecular weight is 465 g/mol. The number of methoxy groups -OCH3 is 1. The van der Waals surface area contributed by atoms with Gasteiger partial charge in [-0.2, -0.15) is 11.8 Å². The third-order valence-electron chi connectivity index (χ3n) is 4.24. The second-order valence-electron chi connectivity index (χ2n) is 6.14. The summed E-state index contributed by atoms with van der Waals surface area (Å²) < 4.78 is 6.04. The van der Waals surface area contributed by atoms with E-state index in [0.717, 1.165) is 17.1 Å². The third-order valence-corrected chi connectivity index (χ3v) is 5.57. The number of nitrogens with one attached hydrogen (secondary N) is 2. The number of para-hydroxylation sites is 1. The fourth-order valence-corrected chi connectivity index (χ4v) is 3.68. The van der Waals surface area contributed by atoms with Crippen molar-refractivity contribution in [2.24, 2.45) is 0 Å². The van der Waals surface area contributed by atoms with E-state index in [1.54, 1.807) is 37.1 Å². The van der Waals surface area contributed by atoms with Crippen molar-refractivity contribution in [3.05, 3.63) is 64.1 Å². The fourth-order valence-electron chi connectivity index (χ4n) is 2.74. The van der Waals surface area contributed by atoms with Crippen LogP contribution in [0.3, 0.4) is 0 Å². The molecule has 7 heteroatoms. The third kappa shape index (κ3) is 6.56. The van der Waals surface area contributed by atoms with Crippen LogP contribution < -0.4 is 15.4 Å².